The van der Waals surface area contributed by atoms with Crippen LogP contribution in [0.4, 0.5) is 11.4 Å². The Hall–Kier alpha value is -1.67. The second-order valence-electron chi connectivity index (χ2n) is 3.64. The molecule has 0 fully saturated rings. The van der Waals surface area contributed by atoms with Gasteiger partial charge in [0.15, 0.2) is 0 Å². The first-order valence-electron chi connectivity index (χ1n) is 5.44. The average Bonchev–Trinajstić information content (AvgIpc) is 2.44. The molecule has 2 aromatic rings. The van der Waals surface area contributed by atoms with Gasteiger partial charge in [-0.2, -0.15) is 0 Å². The van der Waals surface area contributed by atoms with Crippen molar-refractivity contribution < 1.29 is 10.2 Å². The zero-order valence-corrected chi connectivity index (χ0v) is 12.5. The number of benzene rings is 2. The van der Waals surface area contributed by atoms with Gasteiger partial charge in [0, 0.05) is 11.3 Å². The van der Waals surface area contributed by atoms with Gasteiger partial charge in [-0.1, -0.05) is 12.1 Å². The Labute approximate surface area is 125 Å². The van der Waals surface area contributed by atoms with Gasteiger partial charge in [0.2, 0.25) is 0 Å². The van der Waals surface area contributed by atoms with Crippen molar-refractivity contribution in [2.45, 2.75) is 0 Å². The summed E-state index contributed by atoms with van der Waals surface area (Å²) in [5, 5.41) is 19.2. The lowest BCUT2D eigenvalue weighted by Crippen LogP contribution is -1.98. The van der Waals surface area contributed by atoms with Crippen molar-refractivity contribution in [3.63, 3.8) is 0 Å². The quantitative estimate of drug-likeness (QED) is 0.227. The van der Waals surface area contributed by atoms with Crippen LogP contribution >= 0.6 is 22.6 Å². The van der Waals surface area contributed by atoms with Crippen molar-refractivity contribution in [1.82, 2.24) is 0 Å². The topological polar surface area (TPSA) is 119 Å². The number of hydrogen-bond acceptors (Lipinski definition) is 5. The predicted molar refractivity (Wildman–Crippen MR) is 86.9 cm³/mol. The number of halogens is 1. The van der Waals surface area contributed by atoms with Crippen molar-refractivity contribution in [3.8, 4) is 22.6 Å². The van der Waals surface area contributed by atoms with Crippen LogP contribution in [0.2, 0.25) is 0 Å². The molecule has 2 rings (SSSR count). The van der Waals surface area contributed by atoms with E-state index in [4.69, 9.17) is 11.5 Å². The van der Waals surface area contributed by atoms with Crippen LogP contribution in [0, 0.1) is 3.57 Å². The van der Waals surface area contributed by atoms with Gasteiger partial charge in [-0.25, -0.2) is 0 Å². The van der Waals surface area contributed by atoms with E-state index in [0.29, 0.717) is 14.8 Å². The maximum atomic E-state index is 9.98. The maximum absolute atomic E-state index is 9.98. The van der Waals surface area contributed by atoms with E-state index in [2.05, 4.69) is 5.73 Å². The van der Waals surface area contributed by atoms with Crippen LogP contribution in [0.3, 0.4) is 0 Å². The number of rotatable bonds is 1. The summed E-state index contributed by atoms with van der Waals surface area (Å²) in [6.07, 6.45) is 0. The van der Waals surface area contributed by atoms with Crippen molar-refractivity contribution >= 4 is 34.0 Å². The van der Waals surface area contributed by atoms with Gasteiger partial charge in [-0.3, -0.25) is 0 Å². The zero-order chi connectivity index (χ0) is 14.6. The minimum absolute atomic E-state index is 0.00860. The molecule has 0 radical (unpaired) electrons. The van der Waals surface area contributed by atoms with Crippen molar-refractivity contribution in [3.05, 3.63) is 33.9 Å². The average molecular weight is 373 g/mol. The van der Waals surface area contributed by atoms with E-state index in [1.54, 1.807) is 30.3 Å². The van der Waals surface area contributed by atoms with Gasteiger partial charge in [0.1, 0.15) is 11.5 Å². The fraction of sp³-hybridized carbons (Fsp3) is 0.0769. The standard InChI is InChI=1S/C12H11IN2O2.CH5N/c13-10-9(14)5-8(12(17)11(10)15)6-1-3-7(16)4-2-6;1-2/h1-5,16-17H,14-15H2;2H2,1H3. The first kappa shape index (κ1) is 15.4. The summed E-state index contributed by atoms with van der Waals surface area (Å²) in [6.45, 7) is 0. The van der Waals surface area contributed by atoms with Crippen LogP contribution in [0.5, 0.6) is 11.5 Å². The molecule has 6 heteroatoms. The molecule has 0 aromatic heterocycles. The van der Waals surface area contributed by atoms with Gasteiger partial charge in [0.05, 0.1) is 9.26 Å². The van der Waals surface area contributed by atoms with Gasteiger partial charge in [-0.05, 0) is 53.4 Å². The molecule has 0 saturated heterocycles. The predicted octanol–water partition coefficient (Wildman–Crippen LogP) is 2.11. The number of phenolic OH excluding ortho intramolecular Hbond substituents is 2. The smallest absolute Gasteiger partial charge is 0.147 e. The van der Waals surface area contributed by atoms with Gasteiger partial charge >= 0.3 is 0 Å². The highest BCUT2D eigenvalue weighted by molar-refractivity contribution is 14.1. The summed E-state index contributed by atoms with van der Waals surface area (Å²) in [7, 11) is 1.50. The Morgan fingerprint density at radius 1 is 1.00 bits per heavy atom. The molecule has 0 saturated carbocycles. The largest absolute Gasteiger partial charge is 0.508 e. The van der Waals surface area contributed by atoms with Crippen LogP contribution in [-0.4, -0.2) is 17.3 Å². The molecule has 0 aliphatic heterocycles. The zero-order valence-electron chi connectivity index (χ0n) is 10.4. The molecule has 102 valence electrons. The lowest BCUT2D eigenvalue weighted by atomic mass is 10.0. The molecule has 0 unspecified atom stereocenters. The second-order valence-corrected chi connectivity index (χ2v) is 4.72. The van der Waals surface area contributed by atoms with Gasteiger partial charge < -0.3 is 27.4 Å². The fourth-order valence-electron chi connectivity index (χ4n) is 1.55. The van der Waals surface area contributed by atoms with Gasteiger partial charge in [0.25, 0.3) is 0 Å². The van der Waals surface area contributed by atoms with Crippen LogP contribution in [0.15, 0.2) is 30.3 Å². The number of anilines is 2. The lowest BCUT2D eigenvalue weighted by Gasteiger charge is -2.11. The van der Waals surface area contributed by atoms with E-state index in [-0.39, 0.29) is 17.2 Å². The normalized spacial score (nSPS) is 9.63. The number of nitrogen functional groups attached to an aromatic ring is 2. The summed E-state index contributed by atoms with van der Waals surface area (Å²) >= 11 is 1.99. The summed E-state index contributed by atoms with van der Waals surface area (Å²) in [4.78, 5) is 0. The number of aromatic hydroxyl groups is 2. The summed E-state index contributed by atoms with van der Waals surface area (Å²) in [6, 6.07) is 8.13. The highest BCUT2D eigenvalue weighted by Crippen LogP contribution is 2.40. The van der Waals surface area contributed by atoms with Crippen LogP contribution in [-0.2, 0) is 0 Å². The monoisotopic (exact) mass is 373 g/mol. The van der Waals surface area contributed by atoms with E-state index in [1.807, 2.05) is 22.6 Å². The Kier molecular flexibility index (Phi) is 5.25. The molecule has 19 heavy (non-hydrogen) atoms. The van der Waals surface area contributed by atoms with E-state index < -0.39 is 0 Å². The fourth-order valence-corrected chi connectivity index (χ4v) is 1.96. The Bertz CT molecular complexity index is 571. The molecule has 0 amide bonds. The number of nitrogens with two attached hydrogens (primary N) is 3. The maximum Gasteiger partial charge on any atom is 0.147 e. The SMILES string of the molecule is CN.Nc1cc(-c2ccc(O)cc2)c(O)c(N)c1I. The number of phenols is 2. The molecule has 0 aliphatic rings. The van der Waals surface area contributed by atoms with Gasteiger partial charge in [-0.15, -0.1) is 0 Å². The Balaban J connectivity index is 0.000000861. The molecule has 0 aliphatic carbocycles. The van der Waals surface area contributed by atoms with E-state index in [9.17, 15) is 10.2 Å². The van der Waals surface area contributed by atoms with Crippen molar-refractivity contribution in [2.75, 3.05) is 18.5 Å². The molecule has 8 N–H and O–H groups in total. The van der Waals surface area contributed by atoms with Crippen LogP contribution in [0.25, 0.3) is 11.1 Å². The number of hydrogen-bond donors (Lipinski definition) is 5. The summed E-state index contributed by atoms with van der Waals surface area (Å²) in [5.41, 5.74) is 18.2. The second kappa shape index (κ2) is 6.48. The van der Waals surface area contributed by atoms with Crippen LogP contribution < -0.4 is 17.2 Å². The molecular formula is C13H16IN3O2. The Morgan fingerprint density at radius 2 is 1.53 bits per heavy atom. The van der Waals surface area contributed by atoms with Crippen LogP contribution in [0.1, 0.15) is 0 Å². The lowest BCUT2D eigenvalue weighted by molar-refractivity contribution is 0.474. The molecule has 0 atom stereocenters. The molecule has 0 spiro atoms. The molecule has 5 nitrogen and oxygen atoms in total. The van der Waals surface area contributed by atoms with E-state index >= 15 is 0 Å². The first-order valence-corrected chi connectivity index (χ1v) is 6.52. The minimum atomic E-state index is 0.00860. The molecule has 0 bridgehead atoms. The molecule has 2 aromatic carbocycles. The minimum Gasteiger partial charge on any atom is -0.508 e. The van der Waals surface area contributed by atoms with Crippen molar-refractivity contribution in [2.24, 2.45) is 5.73 Å². The Morgan fingerprint density at radius 3 is 2.05 bits per heavy atom. The third-order valence-corrected chi connectivity index (χ3v) is 3.68. The highest BCUT2D eigenvalue weighted by Gasteiger charge is 2.13. The highest BCUT2D eigenvalue weighted by atomic mass is 127. The molecular weight excluding hydrogens is 357 g/mol. The summed E-state index contributed by atoms with van der Waals surface area (Å²) in [5.74, 6) is 0.175. The molecule has 0 heterocycles. The van der Waals surface area contributed by atoms with E-state index in [1.165, 1.54) is 7.05 Å². The first-order chi connectivity index (χ1) is 9.00. The third kappa shape index (κ3) is 3.21. The summed E-state index contributed by atoms with van der Waals surface area (Å²) < 4.78 is 0.641. The van der Waals surface area contributed by atoms with Crippen molar-refractivity contribution in [1.29, 1.82) is 0 Å². The third-order valence-electron chi connectivity index (χ3n) is 2.48. The van der Waals surface area contributed by atoms with E-state index in [0.717, 1.165) is 5.56 Å².